The number of tetrazole rings is 1. The average molecular weight is 392 g/mol. The van der Waals surface area contributed by atoms with E-state index in [2.05, 4.69) is 44.6 Å². The minimum absolute atomic E-state index is 0.0129. The zero-order valence-electron chi connectivity index (χ0n) is 16.4. The maximum atomic E-state index is 12.6. The highest BCUT2D eigenvalue weighted by molar-refractivity contribution is 5.76. The summed E-state index contributed by atoms with van der Waals surface area (Å²) < 4.78 is 5.23. The molecule has 1 amide bonds. The van der Waals surface area contributed by atoms with E-state index >= 15 is 0 Å². The second-order valence-corrected chi connectivity index (χ2v) is 7.02. The first-order valence-electron chi connectivity index (χ1n) is 9.67. The van der Waals surface area contributed by atoms with Gasteiger partial charge in [-0.2, -0.15) is 4.80 Å². The lowest BCUT2D eigenvalue weighted by Crippen LogP contribution is -2.49. The first-order chi connectivity index (χ1) is 14.2. The number of hydrogen-bond donors (Lipinski definition) is 0. The Morgan fingerprint density at radius 1 is 1.03 bits per heavy atom. The molecule has 0 saturated carbocycles. The van der Waals surface area contributed by atoms with Crippen LogP contribution in [0, 0.1) is 0 Å². The van der Waals surface area contributed by atoms with E-state index in [1.807, 2.05) is 35.2 Å². The van der Waals surface area contributed by atoms with Crippen molar-refractivity contribution in [2.24, 2.45) is 0 Å². The number of ether oxygens (including phenoxy) is 1. The summed E-state index contributed by atoms with van der Waals surface area (Å²) in [4.78, 5) is 18.2. The molecule has 3 aromatic rings. The Labute approximate surface area is 169 Å². The molecule has 0 aliphatic carbocycles. The van der Waals surface area contributed by atoms with Gasteiger partial charge >= 0.3 is 0 Å². The lowest BCUT2D eigenvalue weighted by Gasteiger charge is -2.34. The number of nitrogens with zero attached hydrogens (tertiary/aromatic N) is 6. The molecule has 8 nitrogen and oxygen atoms in total. The molecule has 1 aliphatic rings. The standard InChI is InChI=1S/C21H24N6O2/c1-29-19-9-5-8-18(14-19)21-22-24-27(23-21)16-20(28)26-12-10-25(11-13-26)15-17-6-3-2-4-7-17/h2-9,14H,10-13,15-16H2,1H3. The predicted octanol–water partition coefficient (Wildman–Crippen LogP) is 1.69. The van der Waals surface area contributed by atoms with Gasteiger partial charge in [0.05, 0.1) is 7.11 Å². The van der Waals surface area contributed by atoms with Crippen molar-refractivity contribution in [2.75, 3.05) is 33.3 Å². The second-order valence-electron chi connectivity index (χ2n) is 7.02. The van der Waals surface area contributed by atoms with Gasteiger partial charge in [0.15, 0.2) is 0 Å². The molecule has 0 atom stereocenters. The highest BCUT2D eigenvalue weighted by Crippen LogP contribution is 2.19. The number of rotatable bonds is 6. The van der Waals surface area contributed by atoms with Gasteiger partial charge in [-0.05, 0) is 22.9 Å². The fraction of sp³-hybridized carbons (Fsp3) is 0.333. The SMILES string of the molecule is COc1cccc(-c2nnn(CC(=O)N3CCN(Cc4ccccc4)CC3)n2)c1. The summed E-state index contributed by atoms with van der Waals surface area (Å²) in [6, 6.07) is 17.9. The van der Waals surface area contributed by atoms with Crippen molar-refractivity contribution in [3.63, 3.8) is 0 Å². The number of methoxy groups -OCH3 is 1. The van der Waals surface area contributed by atoms with E-state index in [-0.39, 0.29) is 12.5 Å². The first-order valence-corrected chi connectivity index (χ1v) is 9.67. The molecule has 2 aromatic carbocycles. The van der Waals surface area contributed by atoms with E-state index < -0.39 is 0 Å². The van der Waals surface area contributed by atoms with E-state index in [9.17, 15) is 4.79 Å². The minimum atomic E-state index is 0.0129. The molecule has 2 heterocycles. The highest BCUT2D eigenvalue weighted by atomic mass is 16.5. The van der Waals surface area contributed by atoms with Crippen molar-refractivity contribution in [3.8, 4) is 17.1 Å². The van der Waals surface area contributed by atoms with E-state index in [0.717, 1.165) is 30.9 Å². The quantitative estimate of drug-likeness (QED) is 0.636. The second kappa shape index (κ2) is 8.83. The Kier molecular flexibility index (Phi) is 5.81. The molecule has 150 valence electrons. The fourth-order valence-corrected chi connectivity index (χ4v) is 3.41. The van der Waals surface area contributed by atoms with Gasteiger partial charge < -0.3 is 9.64 Å². The van der Waals surface area contributed by atoms with Crippen molar-refractivity contribution >= 4 is 5.91 Å². The molecule has 0 unspecified atom stereocenters. The third-order valence-corrected chi connectivity index (χ3v) is 5.03. The molecular formula is C21H24N6O2. The van der Waals surface area contributed by atoms with E-state index in [0.29, 0.717) is 18.9 Å². The van der Waals surface area contributed by atoms with E-state index in [1.54, 1.807) is 7.11 Å². The van der Waals surface area contributed by atoms with Gasteiger partial charge in [0.25, 0.3) is 0 Å². The van der Waals surface area contributed by atoms with Crippen LogP contribution in [0.3, 0.4) is 0 Å². The zero-order valence-corrected chi connectivity index (χ0v) is 16.4. The maximum absolute atomic E-state index is 12.6. The van der Waals surface area contributed by atoms with Crippen LogP contribution in [0.1, 0.15) is 5.56 Å². The molecule has 1 aliphatic heterocycles. The fourth-order valence-electron chi connectivity index (χ4n) is 3.41. The first kappa shape index (κ1) is 19.1. The Hall–Kier alpha value is -3.26. The number of aromatic nitrogens is 4. The lowest BCUT2D eigenvalue weighted by molar-refractivity contribution is -0.134. The van der Waals surface area contributed by atoms with Gasteiger partial charge in [-0.3, -0.25) is 9.69 Å². The number of hydrogen-bond acceptors (Lipinski definition) is 6. The van der Waals surface area contributed by atoms with Gasteiger partial charge in [-0.25, -0.2) is 0 Å². The van der Waals surface area contributed by atoms with E-state index in [1.165, 1.54) is 10.4 Å². The molecule has 0 radical (unpaired) electrons. The average Bonchev–Trinajstić information content (AvgIpc) is 3.23. The zero-order chi connectivity index (χ0) is 20.1. The Bertz CT molecular complexity index is 951. The van der Waals surface area contributed by atoms with Crippen molar-refractivity contribution in [1.29, 1.82) is 0 Å². The number of amides is 1. The van der Waals surface area contributed by atoms with Gasteiger partial charge in [0.2, 0.25) is 11.7 Å². The number of piperazine rings is 1. The monoisotopic (exact) mass is 392 g/mol. The molecule has 29 heavy (non-hydrogen) atoms. The lowest BCUT2D eigenvalue weighted by atomic mass is 10.2. The van der Waals surface area contributed by atoms with Crippen LogP contribution >= 0.6 is 0 Å². The van der Waals surface area contributed by atoms with Crippen LogP contribution in [-0.4, -0.2) is 69.2 Å². The summed E-state index contributed by atoms with van der Waals surface area (Å²) in [5, 5.41) is 12.4. The van der Waals surface area contributed by atoms with Crippen LogP contribution in [0.2, 0.25) is 0 Å². The Morgan fingerprint density at radius 3 is 2.59 bits per heavy atom. The van der Waals surface area contributed by atoms with Crippen molar-refractivity contribution in [3.05, 3.63) is 60.2 Å². The smallest absolute Gasteiger partial charge is 0.246 e. The summed E-state index contributed by atoms with van der Waals surface area (Å²) in [5.41, 5.74) is 2.10. The van der Waals surface area contributed by atoms with Crippen LogP contribution in [0.5, 0.6) is 5.75 Å². The normalized spacial score (nSPS) is 14.7. The summed E-state index contributed by atoms with van der Waals surface area (Å²) in [6.07, 6.45) is 0. The summed E-state index contributed by atoms with van der Waals surface area (Å²) in [7, 11) is 1.61. The van der Waals surface area contributed by atoms with E-state index in [4.69, 9.17) is 4.74 Å². The minimum Gasteiger partial charge on any atom is -0.497 e. The molecule has 1 aromatic heterocycles. The number of carbonyl (C=O) groups excluding carboxylic acids is 1. The third-order valence-electron chi connectivity index (χ3n) is 5.03. The summed E-state index contributed by atoms with van der Waals surface area (Å²) in [6.45, 7) is 4.15. The summed E-state index contributed by atoms with van der Waals surface area (Å²) >= 11 is 0. The maximum Gasteiger partial charge on any atom is 0.246 e. The largest absolute Gasteiger partial charge is 0.497 e. The van der Waals surface area contributed by atoms with Crippen LogP contribution in [0.4, 0.5) is 0 Å². The molecule has 8 heteroatoms. The summed E-state index contributed by atoms with van der Waals surface area (Å²) in [5.74, 6) is 1.21. The highest BCUT2D eigenvalue weighted by Gasteiger charge is 2.22. The van der Waals surface area contributed by atoms with Crippen molar-refractivity contribution < 1.29 is 9.53 Å². The number of carbonyl (C=O) groups is 1. The molecule has 4 rings (SSSR count). The molecule has 0 N–H and O–H groups in total. The Balaban J connectivity index is 1.30. The van der Waals surface area contributed by atoms with Crippen LogP contribution < -0.4 is 4.74 Å². The van der Waals surface area contributed by atoms with Crippen LogP contribution in [0.25, 0.3) is 11.4 Å². The number of benzene rings is 2. The van der Waals surface area contributed by atoms with Crippen molar-refractivity contribution in [1.82, 2.24) is 30.0 Å². The third kappa shape index (κ3) is 4.78. The van der Waals surface area contributed by atoms with Gasteiger partial charge in [-0.1, -0.05) is 42.5 Å². The molecule has 0 bridgehead atoms. The molecular weight excluding hydrogens is 368 g/mol. The van der Waals surface area contributed by atoms with Crippen molar-refractivity contribution in [2.45, 2.75) is 13.1 Å². The van der Waals surface area contributed by atoms with Gasteiger partial charge in [0.1, 0.15) is 12.3 Å². The van der Waals surface area contributed by atoms with Crippen LogP contribution in [0.15, 0.2) is 54.6 Å². The van der Waals surface area contributed by atoms with Gasteiger partial charge in [-0.15, -0.1) is 10.2 Å². The molecule has 1 fully saturated rings. The van der Waals surface area contributed by atoms with Gasteiger partial charge in [0, 0.05) is 38.3 Å². The molecule has 0 spiro atoms. The Morgan fingerprint density at radius 2 is 1.83 bits per heavy atom. The topological polar surface area (TPSA) is 76.4 Å². The molecule has 1 saturated heterocycles. The van der Waals surface area contributed by atoms with Crippen LogP contribution in [-0.2, 0) is 17.9 Å². The predicted molar refractivity (Wildman–Crippen MR) is 108 cm³/mol.